The van der Waals surface area contributed by atoms with E-state index in [1.54, 1.807) is 13.8 Å². The van der Waals surface area contributed by atoms with Crippen LogP contribution in [0.5, 0.6) is 0 Å². The fraction of sp³-hybridized carbons (Fsp3) is 0.909. The van der Waals surface area contributed by atoms with Crippen molar-refractivity contribution in [3.63, 3.8) is 0 Å². The first-order valence-corrected chi connectivity index (χ1v) is 7.55. The van der Waals surface area contributed by atoms with Crippen LogP contribution in [0, 0.1) is 0 Å². The van der Waals surface area contributed by atoms with Crippen LogP contribution in [-0.2, 0) is 9.84 Å². The van der Waals surface area contributed by atoms with Crippen LogP contribution in [0.25, 0.3) is 0 Å². The normalized spacial score (nSPS) is 22.3. The van der Waals surface area contributed by atoms with Crippen LogP contribution in [-0.4, -0.2) is 68.4 Å². The molecular weight excluding hydrogens is 365 g/mol. The van der Waals surface area contributed by atoms with Gasteiger partial charge in [-0.15, -0.1) is 24.0 Å². The first-order valence-electron chi connectivity index (χ1n) is 5.90. The van der Waals surface area contributed by atoms with E-state index >= 15 is 0 Å². The monoisotopic (exact) mass is 389 g/mol. The summed E-state index contributed by atoms with van der Waals surface area (Å²) in [6.07, 6.45) is 0. The molecule has 1 fully saturated rings. The lowest BCUT2D eigenvalue weighted by atomic mass is 10.2. The van der Waals surface area contributed by atoms with Crippen LogP contribution in [0.4, 0.5) is 0 Å². The lowest BCUT2D eigenvalue weighted by Crippen LogP contribution is -2.57. The molecule has 0 spiro atoms. The molecule has 0 amide bonds. The molecule has 0 radical (unpaired) electrons. The van der Waals surface area contributed by atoms with Crippen molar-refractivity contribution in [2.24, 2.45) is 4.99 Å². The average Bonchev–Trinajstić information content (AvgIpc) is 2.18. The molecule has 18 heavy (non-hydrogen) atoms. The zero-order valence-corrected chi connectivity index (χ0v) is 14.9. The van der Waals surface area contributed by atoms with Gasteiger partial charge in [0.05, 0.1) is 10.5 Å². The van der Waals surface area contributed by atoms with Gasteiger partial charge in [0.25, 0.3) is 0 Å². The van der Waals surface area contributed by atoms with Gasteiger partial charge in [0.15, 0.2) is 15.8 Å². The maximum absolute atomic E-state index is 11.9. The zero-order valence-electron chi connectivity index (χ0n) is 11.8. The van der Waals surface area contributed by atoms with E-state index in [0.29, 0.717) is 19.6 Å². The highest BCUT2D eigenvalue weighted by Gasteiger charge is 2.41. The van der Waals surface area contributed by atoms with E-state index in [2.05, 4.69) is 9.89 Å². The maximum atomic E-state index is 11.9. The van der Waals surface area contributed by atoms with Crippen molar-refractivity contribution in [2.45, 2.75) is 25.5 Å². The number of hydrogen-bond acceptors (Lipinski definition) is 3. The predicted molar refractivity (Wildman–Crippen MR) is 86.5 cm³/mol. The van der Waals surface area contributed by atoms with Crippen molar-refractivity contribution >= 4 is 39.8 Å². The Morgan fingerprint density at radius 3 is 2.33 bits per heavy atom. The molecule has 0 aromatic heterocycles. The molecule has 1 saturated heterocycles. The summed E-state index contributed by atoms with van der Waals surface area (Å²) in [5.41, 5.74) is 0. The van der Waals surface area contributed by atoms with Gasteiger partial charge in [-0.1, -0.05) is 0 Å². The molecule has 1 heterocycles. The third-order valence-corrected chi connectivity index (χ3v) is 5.56. The number of guanidine groups is 1. The number of halogens is 1. The Balaban J connectivity index is 0.00000289. The van der Waals surface area contributed by atoms with Gasteiger partial charge in [-0.2, -0.15) is 0 Å². The second kappa shape index (κ2) is 6.40. The largest absolute Gasteiger partial charge is 0.349 e. The topological polar surface area (TPSA) is 53.0 Å². The summed E-state index contributed by atoms with van der Waals surface area (Å²) < 4.78 is 23.1. The summed E-state index contributed by atoms with van der Waals surface area (Å²) in [5.74, 6) is 1.08. The van der Waals surface area contributed by atoms with Crippen molar-refractivity contribution in [1.29, 1.82) is 0 Å². The SMILES string of the molecule is CCN=C(N(C)C)N1CCS(=O)(=O)C(C)(C)C1.I. The molecule has 1 aliphatic heterocycles. The van der Waals surface area contributed by atoms with Crippen molar-refractivity contribution in [2.75, 3.05) is 39.5 Å². The van der Waals surface area contributed by atoms with E-state index in [1.165, 1.54) is 0 Å². The van der Waals surface area contributed by atoms with Gasteiger partial charge in [0.2, 0.25) is 0 Å². The summed E-state index contributed by atoms with van der Waals surface area (Å²) in [4.78, 5) is 8.44. The number of hydrogen-bond donors (Lipinski definition) is 0. The van der Waals surface area contributed by atoms with Crippen molar-refractivity contribution in [3.05, 3.63) is 0 Å². The Labute approximate surface area is 128 Å². The molecule has 0 unspecified atom stereocenters. The van der Waals surface area contributed by atoms with Crippen molar-refractivity contribution in [1.82, 2.24) is 9.80 Å². The molecule has 1 rings (SSSR count). The fourth-order valence-corrected chi connectivity index (χ4v) is 3.35. The van der Waals surface area contributed by atoms with Crippen LogP contribution in [0.2, 0.25) is 0 Å². The zero-order chi connectivity index (χ0) is 13.3. The van der Waals surface area contributed by atoms with E-state index in [0.717, 1.165) is 5.96 Å². The van der Waals surface area contributed by atoms with E-state index in [4.69, 9.17) is 0 Å². The highest BCUT2D eigenvalue weighted by molar-refractivity contribution is 14.0. The molecule has 1 aliphatic rings. The third kappa shape index (κ3) is 3.72. The van der Waals surface area contributed by atoms with Gasteiger partial charge in [-0.05, 0) is 20.8 Å². The van der Waals surface area contributed by atoms with E-state index in [1.807, 2.05) is 25.9 Å². The molecule has 108 valence electrons. The van der Waals surface area contributed by atoms with Gasteiger partial charge < -0.3 is 9.80 Å². The first kappa shape index (κ1) is 17.9. The van der Waals surface area contributed by atoms with Gasteiger partial charge in [-0.25, -0.2) is 8.42 Å². The van der Waals surface area contributed by atoms with Crippen molar-refractivity contribution < 1.29 is 8.42 Å². The second-order valence-corrected chi connectivity index (χ2v) is 7.91. The summed E-state index contributed by atoms with van der Waals surface area (Å²) in [6, 6.07) is 0. The molecule has 0 aromatic rings. The lowest BCUT2D eigenvalue weighted by molar-refractivity contribution is 0.328. The lowest BCUT2D eigenvalue weighted by Gasteiger charge is -2.40. The number of nitrogens with zero attached hydrogens (tertiary/aromatic N) is 3. The molecule has 0 aromatic carbocycles. The van der Waals surface area contributed by atoms with Gasteiger partial charge in [-0.3, -0.25) is 4.99 Å². The summed E-state index contributed by atoms with van der Waals surface area (Å²) >= 11 is 0. The minimum Gasteiger partial charge on any atom is -0.349 e. The Kier molecular flexibility index (Phi) is 6.39. The highest BCUT2D eigenvalue weighted by Crippen LogP contribution is 2.24. The van der Waals surface area contributed by atoms with Crippen LogP contribution in [0.1, 0.15) is 20.8 Å². The number of rotatable bonds is 1. The second-order valence-electron chi connectivity index (χ2n) is 5.17. The number of aliphatic imine (C=N–C) groups is 1. The minimum atomic E-state index is -2.98. The molecule has 0 saturated carbocycles. The van der Waals surface area contributed by atoms with Crippen LogP contribution < -0.4 is 0 Å². The average molecular weight is 389 g/mol. The predicted octanol–water partition coefficient (Wildman–Crippen LogP) is 1.05. The van der Waals surface area contributed by atoms with Crippen LogP contribution in [0.3, 0.4) is 0 Å². The standard InChI is InChI=1S/C11H23N3O2S.HI/c1-6-12-10(13(4)5)14-7-8-17(15,16)11(2,3)9-14;/h6-9H2,1-5H3;1H. The van der Waals surface area contributed by atoms with Crippen LogP contribution >= 0.6 is 24.0 Å². The molecule has 0 bridgehead atoms. The highest BCUT2D eigenvalue weighted by atomic mass is 127. The van der Waals surface area contributed by atoms with E-state index in [9.17, 15) is 8.42 Å². The summed E-state index contributed by atoms with van der Waals surface area (Å²) in [5, 5.41) is 0. The fourth-order valence-electron chi connectivity index (χ4n) is 1.98. The van der Waals surface area contributed by atoms with Gasteiger partial charge >= 0.3 is 0 Å². The molecule has 0 N–H and O–H groups in total. The minimum absolute atomic E-state index is 0. The first-order chi connectivity index (χ1) is 7.71. The summed E-state index contributed by atoms with van der Waals surface area (Å²) in [7, 11) is 0.887. The van der Waals surface area contributed by atoms with Crippen molar-refractivity contribution in [3.8, 4) is 0 Å². The Hall–Kier alpha value is -0.0500. The van der Waals surface area contributed by atoms with Gasteiger partial charge in [0.1, 0.15) is 0 Å². The molecule has 0 atom stereocenters. The molecule has 7 heteroatoms. The molecule has 5 nitrogen and oxygen atoms in total. The number of sulfone groups is 1. The quantitative estimate of drug-likeness (QED) is 0.382. The van der Waals surface area contributed by atoms with Gasteiger partial charge in [0, 0.05) is 33.7 Å². The Morgan fingerprint density at radius 2 is 1.94 bits per heavy atom. The van der Waals surface area contributed by atoms with Crippen LogP contribution in [0.15, 0.2) is 4.99 Å². The molecular formula is C11H24IN3O2S. The van der Waals surface area contributed by atoms with E-state index in [-0.39, 0.29) is 29.7 Å². The smallest absolute Gasteiger partial charge is 0.196 e. The summed E-state index contributed by atoms with van der Waals surface area (Å²) in [6.45, 7) is 7.29. The molecule has 0 aliphatic carbocycles. The Morgan fingerprint density at radius 1 is 1.39 bits per heavy atom. The Bertz CT molecular complexity index is 405. The third-order valence-electron chi connectivity index (χ3n) is 3.03. The maximum Gasteiger partial charge on any atom is 0.196 e. The van der Waals surface area contributed by atoms with E-state index < -0.39 is 14.6 Å².